The lowest BCUT2D eigenvalue weighted by Gasteiger charge is -2.09. The first-order chi connectivity index (χ1) is 13.7. The van der Waals surface area contributed by atoms with Crippen molar-refractivity contribution in [3.63, 3.8) is 0 Å². The lowest BCUT2D eigenvalue weighted by atomic mass is 10.00. The van der Waals surface area contributed by atoms with Gasteiger partial charge in [-0.1, -0.05) is 30.3 Å². The minimum absolute atomic E-state index is 0.150. The Morgan fingerprint density at radius 1 is 1.07 bits per heavy atom. The highest BCUT2D eigenvalue weighted by atomic mass is 16.1. The summed E-state index contributed by atoms with van der Waals surface area (Å²) < 4.78 is 0. The molecule has 3 N–H and O–H groups in total. The van der Waals surface area contributed by atoms with Crippen molar-refractivity contribution < 1.29 is 4.79 Å². The summed E-state index contributed by atoms with van der Waals surface area (Å²) in [5.41, 5.74) is 5.71. The van der Waals surface area contributed by atoms with Gasteiger partial charge in [0.05, 0.1) is 5.56 Å². The maximum absolute atomic E-state index is 11.9. The molecule has 1 amide bonds. The van der Waals surface area contributed by atoms with E-state index in [9.17, 15) is 4.79 Å². The van der Waals surface area contributed by atoms with Crippen LogP contribution in [-0.4, -0.2) is 35.7 Å². The first-order valence-electron chi connectivity index (χ1n) is 9.16. The number of carbonyl (C=O) groups excluding carboxylic acids is 1. The Bertz CT molecular complexity index is 939. The van der Waals surface area contributed by atoms with E-state index < -0.39 is 0 Å². The molecular formula is C22H23N5O. The monoisotopic (exact) mass is 373 g/mol. The summed E-state index contributed by atoms with van der Waals surface area (Å²) in [7, 11) is 1.85. The van der Waals surface area contributed by atoms with E-state index in [2.05, 4.69) is 50.9 Å². The highest BCUT2D eigenvalue weighted by Gasteiger charge is 2.05. The smallest absolute Gasteiger partial charge is 0.254 e. The van der Waals surface area contributed by atoms with Gasteiger partial charge in [0.1, 0.15) is 6.33 Å². The molecule has 0 unspecified atom stereocenters. The lowest BCUT2D eigenvalue weighted by Crippen LogP contribution is -2.25. The van der Waals surface area contributed by atoms with Gasteiger partial charge >= 0.3 is 0 Å². The van der Waals surface area contributed by atoms with Crippen LogP contribution in [0.2, 0.25) is 0 Å². The summed E-state index contributed by atoms with van der Waals surface area (Å²) in [6.45, 7) is 0.601. The molecule has 0 radical (unpaired) electrons. The Hall–Kier alpha value is -3.54. The number of hydrogen-bond acceptors (Lipinski definition) is 5. The van der Waals surface area contributed by atoms with Gasteiger partial charge in [-0.05, 0) is 41.7 Å². The predicted octanol–water partition coefficient (Wildman–Crippen LogP) is 3.55. The van der Waals surface area contributed by atoms with Gasteiger partial charge in [-0.3, -0.25) is 4.79 Å². The van der Waals surface area contributed by atoms with E-state index in [-0.39, 0.29) is 5.91 Å². The highest BCUT2D eigenvalue weighted by Crippen LogP contribution is 2.24. The molecule has 6 heteroatoms. The molecule has 28 heavy (non-hydrogen) atoms. The van der Waals surface area contributed by atoms with Gasteiger partial charge in [-0.2, -0.15) is 0 Å². The molecule has 0 bridgehead atoms. The SMILES string of the molecule is CNc1ccc(-c2ccc(CCCNC(=O)c3cncnc3)cc2)cc1C=N. The van der Waals surface area contributed by atoms with Crippen LogP contribution in [0.3, 0.4) is 0 Å². The van der Waals surface area contributed by atoms with Crippen LogP contribution in [-0.2, 0) is 6.42 Å². The molecule has 3 rings (SSSR count). The minimum atomic E-state index is -0.150. The van der Waals surface area contributed by atoms with Crippen LogP contribution < -0.4 is 10.6 Å². The van der Waals surface area contributed by atoms with E-state index in [4.69, 9.17) is 5.41 Å². The molecule has 142 valence electrons. The highest BCUT2D eigenvalue weighted by molar-refractivity contribution is 5.93. The second kappa shape index (κ2) is 9.41. The first kappa shape index (κ1) is 19.2. The average Bonchev–Trinajstić information content (AvgIpc) is 2.77. The maximum Gasteiger partial charge on any atom is 0.254 e. The molecule has 0 aliphatic rings. The summed E-state index contributed by atoms with van der Waals surface area (Å²) in [5, 5.41) is 13.5. The molecule has 1 heterocycles. The van der Waals surface area contributed by atoms with Crippen molar-refractivity contribution in [2.75, 3.05) is 18.9 Å². The van der Waals surface area contributed by atoms with Crippen molar-refractivity contribution in [1.82, 2.24) is 15.3 Å². The number of nitrogens with one attached hydrogen (secondary N) is 3. The van der Waals surface area contributed by atoms with Crippen LogP contribution in [0.4, 0.5) is 5.69 Å². The zero-order valence-electron chi connectivity index (χ0n) is 15.8. The molecule has 0 aliphatic heterocycles. The third kappa shape index (κ3) is 4.79. The largest absolute Gasteiger partial charge is 0.388 e. The first-order valence-corrected chi connectivity index (χ1v) is 9.16. The molecule has 0 aliphatic carbocycles. The number of aromatic nitrogens is 2. The third-order valence-electron chi connectivity index (χ3n) is 4.51. The molecule has 2 aromatic carbocycles. The summed E-state index contributed by atoms with van der Waals surface area (Å²) in [4.78, 5) is 19.6. The standard InChI is InChI=1S/C22H23N5O/c1-24-21-9-8-18(11-19(21)12-23)17-6-4-16(5-7-17)3-2-10-27-22(28)20-13-25-15-26-14-20/h4-9,11-15,23-24H,2-3,10H2,1H3,(H,27,28). The van der Waals surface area contributed by atoms with Gasteiger partial charge in [0.25, 0.3) is 5.91 Å². The Kier molecular flexibility index (Phi) is 6.46. The van der Waals surface area contributed by atoms with E-state index in [0.29, 0.717) is 12.1 Å². The Labute approximate surface area is 164 Å². The second-order valence-corrected chi connectivity index (χ2v) is 6.38. The Morgan fingerprint density at radius 3 is 2.46 bits per heavy atom. The topological polar surface area (TPSA) is 90.8 Å². The molecule has 0 fully saturated rings. The van der Waals surface area contributed by atoms with Crippen molar-refractivity contribution in [3.05, 3.63) is 77.9 Å². The van der Waals surface area contributed by atoms with Crippen LogP contribution in [0.5, 0.6) is 0 Å². The van der Waals surface area contributed by atoms with Crippen LogP contribution >= 0.6 is 0 Å². The van der Waals surface area contributed by atoms with Crippen molar-refractivity contribution >= 4 is 17.8 Å². The fraction of sp³-hybridized carbons (Fsp3) is 0.182. The Morgan fingerprint density at radius 2 is 1.79 bits per heavy atom. The fourth-order valence-electron chi connectivity index (χ4n) is 2.97. The van der Waals surface area contributed by atoms with E-state index in [1.807, 2.05) is 19.2 Å². The summed E-state index contributed by atoms with van der Waals surface area (Å²) in [6.07, 6.45) is 7.52. The van der Waals surface area contributed by atoms with E-state index in [0.717, 1.165) is 35.2 Å². The van der Waals surface area contributed by atoms with Gasteiger partial charge < -0.3 is 16.0 Å². The molecule has 6 nitrogen and oxygen atoms in total. The van der Waals surface area contributed by atoms with Gasteiger partial charge in [0, 0.05) is 43.5 Å². The fourth-order valence-corrected chi connectivity index (χ4v) is 2.97. The molecule has 3 aromatic rings. The lowest BCUT2D eigenvalue weighted by molar-refractivity contribution is 0.0952. The summed E-state index contributed by atoms with van der Waals surface area (Å²) in [5.74, 6) is -0.150. The number of aryl methyl sites for hydroxylation is 1. The number of anilines is 1. The molecule has 1 aromatic heterocycles. The van der Waals surface area contributed by atoms with Gasteiger partial charge in [0.15, 0.2) is 0 Å². The van der Waals surface area contributed by atoms with Crippen LogP contribution in [0.25, 0.3) is 11.1 Å². The quantitative estimate of drug-likeness (QED) is 0.416. The number of rotatable bonds is 8. The Balaban J connectivity index is 1.53. The maximum atomic E-state index is 11.9. The third-order valence-corrected chi connectivity index (χ3v) is 4.51. The zero-order chi connectivity index (χ0) is 19.8. The van der Waals surface area contributed by atoms with E-state index in [1.54, 1.807) is 0 Å². The summed E-state index contributed by atoms with van der Waals surface area (Å²) in [6, 6.07) is 14.5. The molecule has 0 saturated carbocycles. The van der Waals surface area contributed by atoms with Gasteiger partial charge in [0.2, 0.25) is 0 Å². The van der Waals surface area contributed by atoms with Crippen molar-refractivity contribution in [1.29, 1.82) is 5.41 Å². The number of amides is 1. The summed E-state index contributed by atoms with van der Waals surface area (Å²) >= 11 is 0. The van der Waals surface area contributed by atoms with Crippen molar-refractivity contribution in [2.45, 2.75) is 12.8 Å². The number of hydrogen-bond donors (Lipinski definition) is 3. The van der Waals surface area contributed by atoms with Crippen molar-refractivity contribution in [2.24, 2.45) is 0 Å². The molecular weight excluding hydrogens is 350 g/mol. The zero-order valence-corrected chi connectivity index (χ0v) is 15.8. The number of nitrogens with zero attached hydrogens (tertiary/aromatic N) is 2. The minimum Gasteiger partial charge on any atom is -0.388 e. The molecule has 0 atom stereocenters. The average molecular weight is 373 g/mol. The predicted molar refractivity (Wildman–Crippen MR) is 112 cm³/mol. The molecule has 0 saturated heterocycles. The van der Waals surface area contributed by atoms with Crippen LogP contribution in [0.1, 0.15) is 27.9 Å². The van der Waals surface area contributed by atoms with Crippen molar-refractivity contribution in [3.8, 4) is 11.1 Å². The van der Waals surface area contributed by atoms with Gasteiger partial charge in [-0.25, -0.2) is 9.97 Å². The van der Waals surface area contributed by atoms with E-state index >= 15 is 0 Å². The number of carbonyl (C=O) groups is 1. The molecule has 0 spiro atoms. The number of benzene rings is 2. The van der Waals surface area contributed by atoms with E-state index in [1.165, 1.54) is 30.5 Å². The van der Waals surface area contributed by atoms with Crippen LogP contribution in [0, 0.1) is 5.41 Å². The normalized spacial score (nSPS) is 10.3. The van der Waals surface area contributed by atoms with Gasteiger partial charge in [-0.15, -0.1) is 0 Å². The van der Waals surface area contributed by atoms with Crippen LogP contribution in [0.15, 0.2) is 61.2 Å². The second-order valence-electron chi connectivity index (χ2n) is 6.38.